The number of aromatic nitrogens is 4. The molecule has 0 saturated carbocycles. The Hall–Kier alpha value is -2.68. The molecule has 0 aromatic carbocycles. The fourth-order valence-corrected chi connectivity index (χ4v) is 4.29. The molecule has 0 radical (unpaired) electrons. The van der Waals surface area contributed by atoms with E-state index in [1.807, 2.05) is 4.90 Å². The van der Waals surface area contributed by atoms with Crippen LogP contribution in [0.15, 0.2) is 27.4 Å². The fraction of sp³-hybridized carbons (Fsp3) is 0.412. The molecule has 1 amide bonds. The lowest BCUT2D eigenvalue weighted by Gasteiger charge is -2.27. The number of amides is 1. The Morgan fingerprint density at radius 2 is 2.08 bits per heavy atom. The molecule has 1 aliphatic heterocycles. The highest BCUT2D eigenvalue weighted by Gasteiger charge is 2.22. The van der Waals surface area contributed by atoms with Crippen molar-refractivity contribution in [3.05, 3.63) is 49.1 Å². The van der Waals surface area contributed by atoms with E-state index in [1.54, 1.807) is 23.0 Å². The molecule has 0 fully saturated rings. The van der Waals surface area contributed by atoms with E-state index in [9.17, 15) is 14.4 Å². The Bertz CT molecular complexity index is 1120. The first-order chi connectivity index (χ1) is 12.5. The zero-order valence-corrected chi connectivity index (χ0v) is 15.5. The van der Waals surface area contributed by atoms with Crippen LogP contribution in [0.4, 0.5) is 0 Å². The summed E-state index contributed by atoms with van der Waals surface area (Å²) < 4.78 is 4.07. The van der Waals surface area contributed by atoms with Crippen LogP contribution in [0.1, 0.15) is 16.9 Å². The van der Waals surface area contributed by atoms with Crippen molar-refractivity contribution in [2.45, 2.75) is 25.9 Å². The SMILES string of the molecule is Cn1c(=O)c2c(ncn2CCC(=O)N2CCc3sccc3C2)n(C)c1=O. The third kappa shape index (κ3) is 2.59. The average Bonchev–Trinajstić information content (AvgIpc) is 3.28. The van der Waals surface area contributed by atoms with E-state index in [4.69, 9.17) is 0 Å². The van der Waals surface area contributed by atoms with Gasteiger partial charge in [-0.05, 0) is 23.4 Å². The van der Waals surface area contributed by atoms with Gasteiger partial charge in [0.1, 0.15) is 0 Å². The monoisotopic (exact) mass is 373 g/mol. The number of fused-ring (bicyclic) bond motifs is 2. The van der Waals surface area contributed by atoms with Gasteiger partial charge in [0.15, 0.2) is 11.2 Å². The number of rotatable bonds is 3. The third-order valence-corrected chi connectivity index (χ3v) is 5.97. The van der Waals surface area contributed by atoms with Crippen molar-refractivity contribution in [1.29, 1.82) is 0 Å². The first kappa shape index (κ1) is 16.8. The van der Waals surface area contributed by atoms with Crippen molar-refractivity contribution in [3.63, 3.8) is 0 Å². The molecule has 4 heterocycles. The topological polar surface area (TPSA) is 82.1 Å². The van der Waals surface area contributed by atoms with Crippen molar-refractivity contribution >= 4 is 28.4 Å². The molecule has 9 heteroatoms. The molecular formula is C17H19N5O3S. The van der Waals surface area contributed by atoms with Crippen LogP contribution in [0.5, 0.6) is 0 Å². The van der Waals surface area contributed by atoms with Gasteiger partial charge in [-0.1, -0.05) is 0 Å². The number of hydrogen-bond donors (Lipinski definition) is 0. The number of carbonyl (C=O) groups excluding carboxylic acids is 1. The first-order valence-electron chi connectivity index (χ1n) is 8.41. The van der Waals surface area contributed by atoms with Crippen LogP contribution in [-0.2, 0) is 38.4 Å². The van der Waals surface area contributed by atoms with Crippen LogP contribution in [0, 0.1) is 0 Å². The Morgan fingerprint density at radius 3 is 2.88 bits per heavy atom. The molecule has 8 nitrogen and oxygen atoms in total. The molecule has 0 bridgehead atoms. The van der Waals surface area contributed by atoms with Gasteiger partial charge in [-0.3, -0.25) is 18.7 Å². The lowest BCUT2D eigenvalue weighted by molar-refractivity contribution is -0.132. The summed E-state index contributed by atoms with van der Waals surface area (Å²) in [6.45, 7) is 1.74. The molecule has 4 rings (SSSR count). The van der Waals surface area contributed by atoms with Crippen molar-refractivity contribution in [2.75, 3.05) is 6.54 Å². The summed E-state index contributed by atoms with van der Waals surface area (Å²) in [4.78, 5) is 44.4. The maximum absolute atomic E-state index is 12.6. The van der Waals surface area contributed by atoms with E-state index in [-0.39, 0.29) is 12.3 Å². The van der Waals surface area contributed by atoms with Gasteiger partial charge in [0.2, 0.25) is 5.91 Å². The second kappa shape index (κ2) is 6.24. The van der Waals surface area contributed by atoms with Gasteiger partial charge in [0.25, 0.3) is 5.56 Å². The number of imidazole rings is 1. The predicted octanol–water partition coefficient (Wildman–Crippen LogP) is 0.470. The number of aryl methyl sites for hydroxylation is 2. The summed E-state index contributed by atoms with van der Waals surface area (Å²) >= 11 is 1.74. The molecule has 0 unspecified atom stereocenters. The van der Waals surface area contributed by atoms with Gasteiger partial charge in [-0.25, -0.2) is 9.78 Å². The van der Waals surface area contributed by atoms with Gasteiger partial charge in [0.05, 0.1) is 6.33 Å². The quantitative estimate of drug-likeness (QED) is 0.668. The van der Waals surface area contributed by atoms with E-state index in [0.29, 0.717) is 24.3 Å². The van der Waals surface area contributed by atoms with Crippen LogP contribution in [0.25, 0.3) is 11.2 Å². The van der Waals surface area contributed by atoms with Crippen LogP contribution >= 0.6 is 11.3 Å². The largest absolute Gasteiger partial charge is 0.338 e. The van der Waals surface area contributed by atoms with Gasteiger partial charge >= 0.3 is 5.69 Å². The fourth-order valence-electron chi connectivity index (χ4n) is 3.40. The smallest absolute Gasteiger partial charge is 0.332 e. The van der Waals surface area contributed by atoms with Crippen molar-refractivity contribution in [1.82, 2.24) is 23.6 Å². The van der Waals surface area contributed by atoms with Gasteiger partial charge in [-0.2, -0.15) is 0 Å². The summed E-state index contributed by atoms with van der Waals surface area (Å²) in [5.74, 6) is 0.0605. The van der Waals surface area contributed by atoms with Crippen LogP contribution in [0.2, 0.25) is 0 Å². The summed E-state index contributed by atoms with van der Waals surface area (Å²) in [6.07, 6.45) is 2.71. The number of hydrogen-bond acceptors (Lipinski definition) is 5. The molecule has 26 heavy (non-hydrogen) atoms. The minimum Gasteiger partial charge on any atom is -0.338 e. The van der Waals surface area contributed by atoms with Crippen LogP contribution in [0.3, 0.4) is 0 Å². The second-order valence-corrected chi connectivity index (χ2v) is 7.50. The normalized spacial score (nSPS) is 14.0. The van der Waals surface area contributed by atoms with E-state index in [0.717, 1.165) is 17.5 Å². The Labute approximate surface area is 152 Å². The molecule has 136 valence electrons. The summed E-state index contributed by atoms with van der Waals surface area (Å²) in [6, 6.07) is 2.08. The van der Waals surface area contributed by atoms with Crippen LogP contribution < -0.4 is 11.2 Å². The zero-order valence-electron chi connectivity index (χ0n) is 14.6. The molecule has 3 aromatic rings. The van der Waals surface area contributed by atoms with Crippen molar-refractivity contribution < 1.29 is 4.79 Å². The lowest BCUT2D eigenvalue weighted by atomic mass is 10.1. The highest BCUT2D eigenvalue weighted by atomic mass is 32.1. The molecule has 0 N–H and O–H groups in total. The maximum Gasteiger partial charge on any atom is 0.332 e. The molecular weight excluding hydrogens is 354 g/mol. The van der Waals surface area contributed by atoms with E-state index in [2.05, 4.69) is 16.4 Å². The number of thiophene rings is 1. The summed E-state index contributed by atoms with van der Waals surface area (Å²) in [5.41, 5.74) is 1.11. The van der Waals surface area contributed by atoms with E-state index in [1.165, 1.54) is 28.4 Å². The Balaban J connectivity index is 1.55. The first-order valence-corrected chi connectivity index (χ1v) is 9.29. The van der Waals surface area contributed by atoms with Crippen LogP contribution in [-0.4, -0.2) is 36.0 Å². The molecule has 0 saturated heterocycles. The van der Waals surface area contributed by atoms with E-state index >= 15 is 0 Å². The standard InChI is InChI=1S/C17H19N5O3S/c1-19-15-14(16(24)20(2)17(19)25)22(10-18-15)7-4-13(23)21-6-3-12-11(9-21)5-8-26-12/h5,8,10H,3-4,6-7,9H2,1-2H3. The predicted molar refractivity (Wildman–Crippen MR) is 98.3 cm³/mol. The molecule has 1 aliphatic rings. The molecule has 0 atom stereocenters. The Kier molecular flexibility index (Phi) is 4.03. The van der Waals surface area contributed by atoms with E-state index < -0.39 is 11.2 Å². The molecule has 0 spiro atoms. The number of carbonyl (C=O) groups is 1. The number of nitrogens with zero attached hydrogens (tertiary/aromatic N) is 5. The zero-order chi connectivity index (χ0) is 18.4. The lowest BCUT2D eigenvalue weighted by Crippen LogP contribution is -2.38. The van der Waals surface area contributed by atoms with Gasteiger partial charge < -0.3 is 9.47 Å². The second-order valence-electron chi connectivity index (χ2n) is 6.50. The highest BCUT2D eigenvalue weighted by Crippen LogP contribution is 2.24. The minimum absolute atomic E-state index is 0.0605. The van der Waals surface area contributed by atoms with Crippen molar-refractivity contribution in [2.24, 2.45) is 14.1 Å². The van der Waals surface area contributed by atoms with Gasteiger partial charge in [0, 0.05) is 45.0 Å². The summed E-state index contributed by atoms with van der Waals surface area (Å²) in [7, 11) is 3.03. The third-order valence-electron chi connectivity index (χ3n) is 4.94. The summed E-state index contributed by atoms with van der Waals surface area (Å²) in [5, 5.41) is 2.07. The maximum atomic E-state index is 12.6. The molecule has 0 aliphatic carbocycles. The average molecular weight is 373 g/mol. The molecule has 3 aromatic heterocycles. The van der Waals surface area contributed by atoms with Gasteiger partial charge in [-0.15, -0.1) is 11.3 Å². The minimum atomic E-state index is -0.413. The van der Waals surface area contributed by atoms with Crippen molar-refractivity contribution in [3.8, 4) is 0 Å². The Morgan fingerprint density at radius 1 is 1.27 bits per heavy atom. The highest BCUT2D eigenvalue weighted by molar-refractivity contribution is 7.10.